The molecule has 0 bridgehead atoms. The highest BCUT2D eigenvalue weighted by Gasteiger charge is 2.40. The van der Waals surface area contributed by atoms with Crippen molar-refractivity contribution in [2.45, 2.75) is 170 Å². The molecule has 0 spiro atoms. The van der Waals surface area contributed by atoms with Crippen LogP contribution in [0.5, 0.6) is 0 Å². The van der Waals surface area contributed by atoms with Gasteiger partial charge in [0.1, 0.15) is 41.9 Å². The van der Waals surface area contributed by atoms with Crippen LogP contribution < -0.4 is 26.6 Å². The summed E-state index contributed by atoms with van der Waals surface area (Å²) in [6.07, 6.45) is 6.07. The van der Waals surface area contributed by atoms with Crippen molar-refractivity contribution in [2.75, 3.05) is 35.2 Å². The standard InChI is InChI=1S/C48H85N9O10/c1-19-21-22-31(9)23-24-38(58)51-34(20-2)45(64)54(15)33(11)44(63)56(17)37(27-48(12,13)67)43(62)52-39(30(7)8)46(65)55(16)36(26-29(5)6)42(61)50-32(10)40(59)53-47(66)57(18)35(25-28(3)4)41(60)49-14/h19,21,28-32,34-37,39,67H,11,20,22-27H2,1-10,12-18H3,(H,49,60)(H,50,61)(H,51,58)(H,52,62)(H,53,59,66)/b21-19+/t31-,32+,34+,35+,36-,37+,39+/m1/s1. The first kappa shape index (κ1) is 61.7. The first-order valence-corrected chi connectivity index (χ1v) is 23.4. The zero-order chi connectivity index (χ0) is 52.3. The minimum atomic E-state index is -1.50. The van der Waals surface area contributed by atoms with Crippen LogP contribution in [0.25, 0.3) is 0 Å². The first-order chi connectivity index (χ1) is 30.9. The fraction of sp³-hybridized carbons (Fsp3) is 0.729. The van der Waals surface area contributed by atoms with Crippen molar-refractivity contribution in [3.05, 3.63) is 24.4 Å². The molecule has 0 heterocycles. The average molecular weight is 948 g/mol. The Morgan fingerprint density at radius 2 is 1.22 bits per heavy atom. The molecular weight excluding hydrogens is 863 g/mol. The van der Waals surface area contributed by atoms with Gasteiger partial charge in [0.25, 0.3) is 5.91 Å². The van der Waals surface area contributed by atoms with Crippen molar-refractivity contribution in [1.29, 1.82) is 0 Å². The van der Waals surface area contributed by atoms with Crippen molar-refractivity contribution in [2.24, 2.45) is 23.7 Å². The van der Waals surface area contributed by atoms with Gasteiger partial charge in [-0.2, -0.15) is 0 Å². The molecule has 19 heteroatoms. The number of imide groups is 1. The minimum Gasteiger partial charge on any atom is -0.390 e. The number of nitrogens with one attached hydrogen (secondary N) is 5. The van der Waals surface area contributed by atoms with Crippen LogP contribution in [0.4, 0.5) is 4.79 Å². The van der Waals surface area contributed by atoms with Crippen LogP contribution in [0.15, 0.2) is 24.4 Å². The summed E-state index contributed by atoms with van der Waals surface area (Å²) in [5, 5.41) is 23.7. The average Bonchev–Trinajstić information content (AvgIpc) is 3.25. The molecular formula is C48H85N9O10. The van der Waals surface area contributed by atoms with Gasteiger partial charge in [-0.3, -0.25) is 43.7 Å². The van der Waals surface area contributed by atoms with Crippen LogP contribution in [0.2, 0.25) is 0 Å². The van der Waals surface area contributed by atoms with Crippen LogP contribution in [0.3, 0.4) is 0 Å². The van der Waals surface area contributed by atoms with Gasteiger partial charge in [-0.1, -0.05) is 74.1 Å². The van der Waals surface area contributed by atoms with Crippen LogP contribution in [-0.4, -0.2) is 155 Å². The Balaban J connectivity index is 6.33. The lowest BCUT2D eigenvalue weighted by Crippen LogP contribution is -2.60. The summed E-state index contributed by atoms with van der Waals surface area (Å²) in [6.45, 7) is 24.6. The summed E-state index contributed by atoms with van der Waals surface area (Å²) in [4.78, 5) is 126. The van der Waals surface area contributed by atoms with E-state index in [9.17, 15) is 48.3 Å². The third-order valence-corrected chi connectivity index (χ3v) is 11.5. The number of carbonyl (C=O) groups excluding carboxylic acids is 9. The molecule has 0 radical (unpaired) electrons. The maximum absolute atomic E-state index is 14.3. The SMILES string of the molecule is C=C(C(=O)N(C)[C@@H](CC(C)(C)O)C(=O)N[C@H](C(=O)N(C)[C@H](CC(C)C)C(=O)N[C@@H](C)C(=O)NC(=O)N(C)[C@@H](CC(C)C)C(=O)NC)C(C)C)N(C)C(=O)[C@H](CC)NC(=O)CC[C@H](C)C/C=C/C. The van der Waals surface area contributed by atoms with Crippen LogP contribution in [-0.2, 0) is 38.4 Å². The molecule has 10 amide bonds. The highest BCUT2D eigenvalue weighted by atomic mass is 16.3. The van der Waals surface area contributed by atoms with Gasteiger partial charge in [-0.15, -0.1) is 0 Å². The van der Waals surface area contributed by atoms with Gasteiger partial charge >= 0.3 is 6.03 Å². The second-order valence-corrected chi connectivity index (χ2v) is 19.5. The van der Waals surface area contributed by atoms with E-state index in [0.29, 0.717) is 12.8 Å². The largest absolute Gasteiger partial charge is 0.390 e. The second-order valence-electron chi connectivity index (χ2n) is 19.5. The van der Waals surface area contributed by atoms with Gasteiger partial charge in [0, 0.05) is 48.1 Å². The molecule has 0 saturated carbocycles. The lowest BCUT2D eigenvalue weighted by atomic mass is 9.95. The summed E-state index contributed by atoms with van der Waals surface area (Å²) in [6, 6.07) is -7.66. The number of hydrogen-bond acceptors (Lipinski definition) is 10. The Kier molecular flexibility index (Phi) is 26.5. The van der Waals surface area contributed by atoms with Gasteiger partial charge in [0.15, 0.2) is 0 Å². The van der Waals surface area contributed by atoms with E-state index in [1.165, 1.54) is 60.9 Å². The van der Waals surface area contributed by atoms with E-state index < -0.39 is 95.2 Å². The number of aliphatic hydroxyl groups is 1. The fourth-order valence-electron chi connectivity index (χ4n) is 7.10. The highest BCUT2D eigenvalue weighted by Crippen LogP contribution is 2.21. The molecule has 6 N–H and O–H groups in total. The molecule has 19 nitrogen and oxygen atoms in total. The van der Waals surface area contributed by atoms with Crippen molar-refractivity contribution in [3.8, 4) is 0 Å². The molecule has 0 saturated heterocycles. The van der Waals surface area contributed by atoms with Gasteiger partial charge in [0.2, 0.25) is 41.4 Å². The summed E-state index contributed by atoms with van der Waals surface area (Å²) in [7, 11) is 6.88. The third-order valence-electron chi connectivity index (χ3n) is 11.5. The molecule has 0 aromatic rings. The molecule has 0 aromatic heterocycles. The van der Waals surface area contributed by atoms with Crippen molar-refractivity contribution in [3.63, 3.8) is 0 Å². The number of carbonyl (C=O) groups is 9. The Morgan fingerprint density at radius 3 is 1.69 bits per heavy atom. The number of likely N-dealkylation sites (N-methyl/N-ethyl adjacent to an activating group) is 5. The summed E-state index contributed by atoms with van der Waals surface area (Å²) in [5.74, 6) is -5.50. The van der Waals surface area contributed by atoms with Gasteiger partial charge in [-0.05, 0) is 83.5 Å². The lowest BCUT2D eigenvalue weighted by molar-refractivity contribution is -0.146. The first-order valence-electron chi connectivity index (χ1n) is 23.4. The number of hydrogen-bond donors (Lipinski definition) is 6. The molecule has 0 fully saturated rings. The van der Waals surface area contributed by atoms with Gasteiger partial charge in [-0.25, -0.2) is 4.79 Å². The number of amides is 10. The highest BCUT2D eigenvalue weighted by molar-refractivity contribution is 6.02. The Bertz CT molecular complexity index is 1760. The molecule has 0 aliphatic carbocycles. The second kappa shape index (κ2) is 28.8. The van der Waals surface area contributed by atoms with E-state index >= 15 is 0 Å². The van der Waals surface area contributed by atoms with Crippen LogP contribution in [0.1, 0.15) is 128 Å². The van der Waals surface area contributed by atoms with E-state index in [-0.39, 0.29) is 55.0 Å². The summed E-state index contributed by atoms with van der Waals surface area (Å²) in [5.41, 5.74) is -1.80. The Hall–Kier alpha value is -5.33. The number of urea groups is 1. The monoisotopic (exact) mass is 948 g/mol. The molecule has 0 aliphatic heterocycles. The molecule has 0 rings (SSSR count). The number of nitrogens with zero attached hydrogens (tertiary/aromatic N) is 4. The van der Waals surface area contributed by atoms with Crippen molar-refractivity contribution >= 4 is 53.3 Å². The van der Waals surface area contributed by atoms with E-state index in [1.807, 2.05) is 53.7 Å². The maximum Gasteiger partial charge on any atom is 0.324 e. The van der Waals surface area contributed by atoms with E-state index in [4.69, 9.17) is 0 Å². The number of allylic oxidation sites excluding steroid dienone is 2. The molecule has 0 aromatic carbocycles. The van der Waals surface area contributed by atoms with Crippen molar-refractivity contribution < 1.29 is 48.3 Å². The lowest BCUT2D eigenvalue weighted by Gasteiger charge is -2.36. The van der Waals surface area contributed by atoms with Crippen LogP contribution in [0, 0.1) is 23.7 Å². The topological polar surface area (TPSA) is 247 Å². The zero-order valence-corrected chi connectivity index (χ0v) is 43.5. The number of rotatable bonds is 27. The Morgan fingerprint density at radius 1 is 0.701 bits per heavy atom. The predicted octanol–water partition coefficient (Wildman–Crippen LogP) is 3.07. The summed E-state index contributed by atoms with van der Waals surface area (Å²) < 4.78 is 0. The molecule has 0 unspecified atom stereocenters. The van der Waals surface area contributed by atoms with Gasteiger partial charge in [0.05, 0.1) is 5.60 Å². The van der Waals surface area contributed by atoms with E-state index in [0.717, 1.165) is 21.1 Å². The Labute approximate surface area is 400 Å². The quantitative estimate of drug-likeness (QED) is 0.0519. The molecule has 7 atom stereocenters. The normalized spacial score (nSPS) is 14.8. The van der Waals surface area contributed by atoms with Crippen molar-refractivity contribution in [1.82, 2.24) is 46.2 Å². The van der Waals surface area contributed by atoms with E-state index in [1.54, 1.807) is 20.8 Å². The van der Waals surface area contributed by atoms with Gasteiger partial charge < -0.3 is 46.0 Å². The maximum atomic E-state index is 14.3. The fourth-order valence-corrected chi connectivity index (χ4v) is 7.10. The van der Waals surface area contributed by atoms with Crippen LogP contribution >= 0.6 is 0 Å². The van der Waals surface area contributed by atoms with E-state index in [2.05, 4.69) is 33.2 Å². The smallest absolute Gasteiger partial charge is 0.324 e. The molecule has 382 valence electrons. The third kappa shape index (κ3) is 20.6. The molecule has 0 aliphatic rings. The minimum absolute atomic E-state index is 0.0583. The molecule has 67 heavy (non-hydrogen) atoms. The predicted molar refractivity (Wildman–Crippen MR) is 258 cm³/mol. The summed E-state index contributed by atoms with van der Waals surface area (Å²) >= 11 is 0. The zero-order valence-electron chi connectivity index (χ0n) is 43.5.